The Morgan fingerprint density at radius 2 is 1.95 bits per heavy atom. The second kappa shape index (κ2) is 6.09. The predicted octanol–water partition coefficient (Wildman–Crippen LogP) is 3.48. The molecule has 4 nitrogen and oxygen atoms in total. The lowest BCUT2D eigenvalue weighted by Crippen LogP contribution is -2.12. The van der Waals surface area contributed by atoms with Gasteiger partial charge in [0, 0.05) is 23.2 Å². The van der Waals surface area contributed by atoms with E-state index in [9.17, 15) is 4.79 Å². The van der Waals surface area contributed by atoms with Crippen LogP contribution < -0.4 is 0 Å². The topological polar surface area (TPSA) is 44.1 Å². The van der Waals surface area contributed by atoms with E-state index in [1.54, 1.807) is 18.7 Å². The van der Waals surface area contributed by atoms with Crippen molar-refractivity contribution in [1.29, 1.82) is 0 Å². The molecular formula is C15H17ClN2O2. The smallest absolute Gasteiger partial charge is 0.356 e. The third kappa shape index (κ3) is 2.70. The minimum atomic E-state index is -0.334. The molecule has 0 bridgehead atoms. The molecule has 20 heavy (non-hydrogen) atoms. The maximum absolute atomic E-state index is 12.0. The van der Waals surface area contributed by atoms with Crippen LogP contribution in [0.5, 0.6) is 0 Å². The standard InChI is InChI=1S/C15H17ClN2O2/c1-4-12-13(10-6-8-11(16)9-7-10)17-18(3)14(12)15(19)20-5-2/h6-9H,4-5H2,1-3H3. The van der Waals surface area contributed by atoms with Crippen molar-refractivity contribution < 1.29 is 9.53 Å². The summed E-state index contributed by atoms with van der Waals surface area (Å²) < 4.78 is 6.68. The highest BCUT2D eigenvalue weighted by Crippen LogP contribution is 2.27. The third-order valence-corrected chi connectivity index (χ3v) is 3.34. The van der Waals surface area contributed by atoms with Crippen LogP contribution in [0.25, 0.3) is 11.3 Å². The summed E-state index contributed by atoms with van der Waals surface area (Å²) in [4.78, 5) is 12.0. The number of carbonyl (C=O) groups excluding carboxylic acids is 1. The van der Waals surface area contributed by atoms with Crippen LogP contribution in [-0.4, -0.2) is 22.4 Å². The molecule has 1 aromatic heterocycles. The van der Waals surface area contributed by atoms with Crippen LogP contribution in [0.15, 0.2) is 24.3 Å². The molecule has 0 spiro atoms. The fourth-order valence-corrected chi connectivity index (χ4v) is 2.32. The molecule has 2 aromatic rings. The van der Waals surface area contributed by atoms with Gasteiger partial charge in [-0.2, -0.15) is 5.10 Å². The molecule has 0 aliphatic carbocycles. The predicted molar refractivity (Wildman–Crippen MR) is 79.0 cm³/mol. The van der Waals surface area contributed by atoms with Crippen molar-refractivity contribution in [3.8, 4) is 11.3 Å². The first-order valence-corrected chi connectivity index (χ1v) is 6.95. The monoisotopic (exact) mass is 292 g/mol. The van der Waals surface area contributed by atoms with Crippen molar-refractivity contribution in [2.24, 2.45) is 7.05 Å². The number of ether oxygens (including phenoxy) is 1. The Balaban J connectivity index is 2.52. The highest BCUT2D eigenvalue weighted by molar-refractivity contribution is 6.30. The van der Waals surface area contributed by atoms with E-state index >= 15 is 0 Å². The van der Waals surface area contributed by atoms with Crippen molar-refractivity contribution in [2.45, 2.75) is 20.3 Å². The van der Waals surface area contributed by atoms with Crippen molar-refractivity contribution in [2.75, 3.05) is 6.61 Å². The second-order valence-corrected chi connectivity index (χ2v) is 4.82. The average Bonchev–Trinajstić information content (AvgIpc) is 2.76. The molecule has 0 unspecified atom stereocenters. The van der Waals surface area contributed by atoms with Crippen LogP contribution in [0.2, 0.25) is 5.02 Å². The van der Waals surface area contributed by atoms with E-state index in [-0.39, 0.29) is 5.97 Å². The second-order valence-electron chi connectivity index (χ2n) is 4.38. The van der Waals surface area contributed by atoms with Crippen LogP contribution in [-0.2, 0) is 18.2 Å². The maximum atomic E-state index is 12.0. The van der Waals surface area contributed by atoms with E-state index < -0.39 is 0 Å². The molecule has 0 atom stereocenters. The van der Waals surface area contributed by atoms with Gasteiger partial charge in [0.2, 0.25) is 0 Å². The molecule has 0 aliphatic rings. The van der Waals surface area contributed by atoms with Gasteiger partial charge >= 0.3 is 5.97 Å². The summed E-state index contributed by atoms with van der Waals surface area (Å²) >= 11 is 5.90. The highest BCUT2D eigenvalue weighted by atomic mass is 35.5. The number of aryl methyl sites for hydroxylation is 1. The molecular weight excluding hydrogens is 276 g/mol. The summed E-state index contributed by atoms with van der Waals surface area (Å²) in [6.07, 6.45) is 0.708. The van der Waals surface area contributed by atoms with Crippen LogP contribution in [0.3, 0.4) is 0 Å². The molecule has 0 aliphatic heterocycles. The number of carbonyl (C=O) groups is 1. The maximum Gasteiger partial charge on any atom is 0.356 e. The van der Waals surface area contributed by atoms with Gasteiger partial charge in [0.25, 0.3) is 0 Å². The van der Waals surface area contributed by atoms with E-state index in [2.05, 4.69) is 5.10 Å². The van der Waals surface area contributed by atoms with E-state index in [4.69, 9.17) is 16.3 Å². The van der Waals surface area contributed by atoms with Crippen LogP contribution in [0.4, 0.5) is 0 Å². The number of nitrogens with zero attached hydrogens (tertiary/aromatic N) is 2. The molecule has 0 saturated heterocycles. The molecule has 1 heterocycles. The Morgan fingerprint density at radius 1 is 1.30 bits per heavy atom. The first kappa shape index (κ1) is 14.6. The first-order chi connectivity index (χ1) is 9.58. The molecule has 5 heteroatoms. The Kier molecular flexibility index (Phi) is 4.45. The Morgan fingerprint density at radius 3 is 2.50 bits per heavy atom. The number of esters is 1. The van der Waals surface area contributed by atoms with E-state index in [0.717, 1.165) is 16.8 Å². The van der Waals surface area contributed by atoms with Gasteiger partial charge < -0.3 is 4.74 Å². The van der Waals surface area contributed by atoms with Crippen LogP contribution in [0, 0.1) is 0 Å². The number of benzene rings is 1. The minimum Gasteiger partial charge on any atom is -0.461 e. The Labute approximate surface area is 123 Å². The Bertz CT molecular complexity index is 618. The van der Waals surface area contributed by atoms with Gasteiger partial charge in [0.1, 0.15) is 5.69 Å². The fourth-order valence-electron chi connectivity index (χ4n) is 2.20. The van der Waals surface area contributed by atoms with Gasteiger partial charge in [-0.05, 0) is 25.5 Å². The molecule has 1 aromatic carbocycles. The number of hydrogen-bond acceptors (Lipinski definition) is 3. The van der Waals surface area contributed by atoms with E-state index in [1.165, 1.54) is 0 Å². The van der Waals surface area contributed by atoms with Crippen molar-refractivity contribution in [3.05, 3.63) is 40.5 Å². The average molecular weight is 293 g/mol. The summed E-state index contributed by atoms with van der Waals surface area (Å²) in [5, 5.41) is 5.13. The van der Waals surface area contributed by atoms with Gasteiger partial charge in [-0.3, -0.25) is 4.68 Å². The molecule has 0 saturated carbocycles. The van der Waals surface area contributed by atoms with E-state index in [1.807, 2.05) is 31.2 Å². The summed E-state index contributed by atoms with van der Waals surface area (Å²) in [7, 11) is 1.75. The van der Waals surface area contributed by atoms with E-state index in [0.29, 0.717) is 23.7 Å². The Hall–Kier alpha value is -1.81. The molecule has 2 rings (SSSR count). The first-order valence-electron chi connectivity index (χ1n) is 6.57. The van der Waals surface area contributed by atoms with Crippen molar-refractivity contribution in [1.82, 2.24) is 9.78 Å². The summed E-state index contributed by atoms with van der Waals surface area (Å²) in [5.41, 5.74) is 3.15. The minimum absolute atomic E-state index is 0.334. The highest BCUT2D eigenvalue weighted by Gasteiger charge is 2.22. The zero-order chi connectivity index (χ0) is 14.7. The lowest BCUT2D eigenvalue weighted by molar-refractivity contribution is 0.0512. The molecule has 0 radical (unpaired) electrons. The van der Waals surface area contributed by atoms with Gasteiger partial charge in [0.15, 0.2) is 0 Å². The summed E-state index contributed by atoms with van der Waals surface area (Å²) in [5.74, 6) is -0.334. The lowest BCUT2D eigenvalue weighted by atomic mass is 10.0. The summed E-state index contributed by atoms with van der Waals surface area (Å²) in [6.45, 7) is 4.14. The van der Waals surface area contributed by atoms with Crippen molar-refractivity contribution >= 4 is 17.6 Å². The summed E-state index contributed by atoms with van der Waals surface area (Å²) in [6, 6.07) is 7.43. The molecule has 0 N–H and O–H groups in total. The quantitative estimate of drug-likeness (QED) is 0.810. The number of rotatable bonds is 4. The van der Waals surface area contributed by atoms with Gasteiger partial charge in [-0.15, -0.1) is 0 Å². The van der Waals surface area contributed by atoms with Gasteiger partial charge in [-0.25, -0.2) is 4.79 Å². The normalized spacial score (nSPS) is 10.6. The SMILES string of the molecule is CCOC(=O)c1c(CC)c(-c2ccc(Cl)cc2)nn1C. The van der Waals surface area contributed by atoms with Crippen LogP contribution in [0.1, 0.15) is 29.9 Å². The van der Waals surface area contributed by atoms with Crippen molar-refractivity contribution in [3.63, 3.8) is 0 Å². The fraction of sp³-hybridized carbons (Fsp3) is 0.333. The van der Waals surface area contributed by atoms with Gasteiger partial charge in [-0.1, -0.05) is 30.7 Å². The molecule has 0 amide bonds. The lowest BCUT2D eigenvalue weighted by Gasteiger charge is -2.04. The molecule has 106 valence electrons. The third-order valence-electron chi connectivity index (χ3n) is 3.09. The number of aromatic nitrogens is 2. The van der Waals surface area contributed by atoms with Gasteiger partial charge in [0.05, 0.1) is 12.3 Å². The zero-order valence-electron chi connectivity index (χ0n) is 11.8. The molecule has 0 fully saturated rings. The van der Waals surface area contributed by atoms with Crippen LogP contribution >= 0.6 is 11.6 Å². The zero-order valence-corrected chi connectivity index (χ0v) is 12.6. The number of hydrogen-bond donors (Lipinski definition) is 0. The largest absolute Gasteiger partial charge is 0.461 e. The number of halogens is 1.